The van der Waals surface area contributed by atoms with E-state index in [2.05, 4.69) is 33.5 Å². The van der Waals surface area contributed by atoms with E-state index in [1.807, 2.05) is 18.2 Å². The van der Waals surface area contributed by atoms with Crippen molar-refractivity contribution in [1.29, 1.82) is 0 Å². The van der Waals surface area contributed by atoms with Crippen molar-refractivity contribution in [2.75, 3.05) is 12.4 Å². The third-order valence-corrected chi connectivity index (χ3v) is 6.90. The van der Waals surface area contributed by atoms with Crippen LogP contribution in [0.2, 0.25) is 0 Å². The van der Waals surface area contributed by atoms with Gasteiger partial charge in [0.15, 0.2) is 0 Å². The van der Waals surface area contributed by atoms with Crippen molar-refractivity contribution in [3.05, 3.63) is 44.2 Å². The molecule has 0 fully saturated rings. The predicted octanol–water partition coefficient (Wildman–Crippen LogP) is 4.89. The Kier molecular flexibility index (Phi) is 4.50. The minimum Gasteiger partial charge on any atom is -0.496 e. The number of fused-ring (bicyclic) bond motifs is 3. The van der Waals surface area contributed by atoms with Gasteiger partial charge < -0.3 is 15.4 Å². The Morgan fingerprint density at radius 3 is 2.96 bits per heavy atom. The summed E-state index contributed by atoms with van der Waals surface area (Å²) >= 11 is 5.26. The highest BCUT2D eigenvalue weighted by molar-refractivity contribution is 9.10. The van der Waals surface area contributed by atoms with Crippen molar-refractivity contribution >= 4 is 38.2 Å². The van der Waals surface area contributed by atoms with E-state index in [0.717, 1.165) is 45.1 Å². The van der Waals surface area contributed by atoms with Crippen LogP contribution in [-0.2, 0) is 12.8 Å². The maximum absolute atomic E-state index is 12.8. The molecule has 2 N–H and O–H groups in total. The molecule has 1 aromatic carbocycles. The summed E-state index contributed by atoms with van der Waals surface area (Å²) in [6.07, 6.45) is 4.22. The Morgan fingerprint density at radius 1 is 1.36 bits per heavy atom. The summed E-state index contributed by atoms with van der Waals surface area (Å²) in [5, 5.41) is 7.63. The van der Waals surface area contributed by atoms with Crippen LogP contribution in [0.15, 0.2) is 22.7 Å². The van der Waals surface area contributed by atoms with Gasteiger partial charge in [0.05, 0.1) is 12.7 Å². The molecule has 2 aromatic rings. The van der Waals surface area contributed by atoms with Gasteiger partial charge >= 0.3 is 0 Å². The number of halogens is 1. The zero-order chi connectivity index (χ0) is 17.6. The van der Waals surface area contributed by atoms with Crippen molar-refractivity contribution in [1.82, 2.24) is 5.32 Å². The van der Waals surface area contributed by atoms with Crippen molar-refractivity contribution in [2.24, 2.45) is 5.92 Å². The highest BCUT2D eigenvalue weighted by Gasteiger charge is 2.34. The van der Waals surface area contributed by atoms with Crippen molar-refractivity contribution in [3.63, 3.8) is 0 Å². The third-order valence-electron chi connectivity index (χ3n) is 5.23. The van der Waals surface area contributed by atoms with E-state index in [9.17, 15) is 4.79 Å². The smallest absolute Gasteiger partial charge is 0.256 e. The van der Waals surface area contributed by atoms with E-state index in [1.165, 1.54) is 23.3 Å². The lowest BCUT2D eigenvalue weighted by Crippen LogP contribution is -2.38. The van der Waals surface area contributed by atoms with E-state index >= 15 is 0 Å². The molecule has 0 spiro atoms. The summed E-state index contributed by atoms with van der Waals surface area (Å²) in [4.78, 5) is 14.2. The Bertz CT molecular complexity index is 833. The zero-order valence-electron chi connectivity index (χ0n) is 14.3. The number of anilines is 1. The van der Waals surface area contributed by atoms with Crippen LogP contribution in [-0.4, -0.2) is 13.0 Å². The molecule has 4 nitrogen and oxygen atoms in total. The summed E-state index contributed by atoms with van der Waals surface area (Å²) in [6.45, 7) is 2.25. The van der Waals surface area contributed by atoms with E-state index in [1.54, 1.807) is 18.4 Å². The molecule has 2 unspecified atom stereocenters. The highest BCUT2D eigenvalue weighted by atomic mass is 79.9. The monoisotopic (exact) mass is 420 g/mol. The number of hydrogen-bond acceptors (Lipinski definition) is 4. The average molecular weight is 421 g/mol. The van der Waals surface area contributed by atoms with Crippen LogP contribution < -0.4 is 15.4 Å². The van der Waals surface area contributed by atoms with Gasteiger partial charge in [-0.2, -0.15) is 0 Å². The van der Waals surface area contributed by atoms with Crippen LogP contribution in [0, 0.1) is 5.92 Å². The number of methoxy groups -OCH3 is 1. The van der Waals surface area contributed by atoms with E-state index < -0.39 is 0 Å². The maximum atomic E-state index is 12.8. The molecule has 2 aliphatic rings. The Morgan fingerprint density at radius 2 is 2.20 bits per heavy atom. The standard InChI is InChI=1S/C19H21BrN2O2S/c1-3-10-4-6-12-15(8-10)25-19-16(12)18(23)21-17(22-19)13-9-11(20)5-7-14(13)24-2/h5,7,9-10,17,22H,3-4,6,8H2,1-2H3,(H,21,23). The number of thiophene rings is 1. The number of ether oxygens (including phenoxy) is 1. The van der Waals surface area contributed by atoms with E-state index in [-0.39, 0.29) is 12.1 Å². The molecular weight excluding hydrogens is 400 g/mol. The number of benzene rings is 1. The molecule has 4 rings (SSSR count). The number of rotatable bonds is 3. The normalized spacial score (nSPS) is 21.8. The lowest BCUT2D eigenvalue weighted by Gasteiger charge is -2.28. The lowest BCUT2D eigenvalue weighted by atomic mass is 9.85. The van der Waals surface area contributed by atoms with Crippen LogP contribution in [0.25, 0.3) is 0 Å². The fourth-order valence-corrected chi connectivity index (χ4v) is 5.57. The van der Waals surface area contributed by atoms with Crippen molar-refractivity contribution in [2.45, 2.75) is 38.8 Å². The van der Waals surface area contributed by atoms with Crippen molar-refractivity contribution in [3.8, 4) is 5.75 Å². The molecule has 0 bridgehead atoms. The van der Waals surface area contributed by atoms with Crippen LogP contribution >= 0.6 is 27.3 Å². The molecule has 1 aliphatic heterocycles. The number of nitrogens with one attached hydrogen (secondary N) is 2. The molecule has 0 radical (unpaired) electrons. The number of carbonyl (C=O) groups is 1. The van der Waals surface area contributed by atoms with Crippen LogP contribution in [0.3, 0.4) is 0 Å². The largest absolute Gasteiger partial charge is 0.496 e. The number of hydrogen-bond donors (Lipinski definition) is 2. The minimum atomic E-state index is -0.283. The molecule has 2 heterocycles. The average Bonchev–Trinajstić information content (AvgIpc) is 2.99. The fourth-order valence-electron chi connectivity index (χ4n) is 3.80. The second kappa shape index (κ2) is 6.65. The zero-order valence-corrected chi connectivity index (χ0v) is 16.7. The Balaban J connectivity index is 1.70. The van der Waals surface area contributed by atoms with Gasteiger partial charge in [0.2, 0.25) is 0 Å². The van der Waals surface area contributed by atoms with E-state index in [0.29, 0.717) is 0 Å². The van der Waals surface area contributed by atoms with Gasteiger partial charge in [0.25, 0.3) is 5.91 Å². The summed E-state index contributed by atoms with van der Waals surface area (Å²) in [6, 6.07) is 5.84. The third kappa shape index (κ3) is 2.95. The first-order valence-corrected chi connectivity index (χ1v) is 10.3. The summed E-state index contributed by atoms with van der Waals surface area (Å²) in [5.41, 5.74) is 3.04. The molecule has 1 aromatic heterocycles. The molecule has 1 aliphatic carbocycles. The fraction of sp³-hybridized carbons (Fsp3) is 0.421. The second-order valence-corrected chi connectivity index (χ2v) is 8.68. The second-order valence-electron chi connectivity index (χ2n) is 6.66. The Labute approximate surface area is 160 Å². The first kappa shape index (κ1) is 16.9. The first-order chi connectivity index (χ1) is 12.1. The molecule has 2 atom stereocenters. The Hall–Kier alpha value is -1.53. The first-order valence-electron chi connectivity index (χ1n) is 8.66. The lowest BCUT2D eigenvalue weighted by molar-refractivity contribution is 0.0934. The van der Waals surface area contributed by atoms with Crippen LogP contribution in [0.5, 0.6) is 5.75 Å². The molecular formula is C19H21BrN2O2S. The molecule has 0 saturated carbocycles. The van der Waals surface area contributed by atoms with Gasteiger partial charge in [-0.15, -0.1) is 11.3 Å². The maximum Gasteiger partial charge on any atom is 0.256 e. The minimum absolute atomic E-state index is 0.0215. The number of carbonyl (C=O) groups excluding carboxylic acids is 1. The van der Waals surface area contributed by atoms with E-state index in [4.69, 9.17) is 4.74 Å². The van der Waals surface area contributed by atoms with Gasteiger partial charge in [-0.3, -0.25) is 4.79 Å². The molecule has 1 amide bonds. The quantitative estimate of drug-likeness (QED) is 0.742. The topological polar surface area (TPSA) is 50.4 Å². The summed E-state index contributed by atoms with van der Waals surface area (Å²) in [5.74, 6) is 1.53. The predicted molar refractivity (Wildman–Crippen MR) is 105 cm³/mol. The van der Waals surface area contributed by atoms with Gasteiger partial charge in [-0.05, 0) is 48.9 Å². The SMILES string of the molecule is CCC1CCc2c(sc3c2C(=O)NC(c2cc(Br)ccc2OC)N3)C1. The van der Waals surface area contributed by atoms with Gasteiger partial charge in [-0.1, -0.05) is 29.3 Å². The van der Waals surface area contributed by atoms with Gasteiger partial charge in [0, 0.05) is 14.9 Å². The summed E-state index contributed by atoms with van der Waals surface area (Å²) < 4.78 is 6.44. The van der Waals surface area contributed by atoms with Crippen LogP contribution in [0.1, 0.15) is 52.3 Å². The summed E-state index contributed by atoms with van der Waals surface area (Å²) in [7, 11) is 1.65. The molecule has 0 saturated heterocycles. The number of amides is 1. The highest BCUT2D eigenvalue weighted by Crippen LogP contribution is 2.44. The molecule has 25 heavy (non-hydrogen) atoms. The molecule has 6 heteroatoms. The van der Waals surface area contributed by atoms with Crippen LogP contribution in [0.4, 0.5) is 5.00 Å². The van der Waals surface area contributed by atoms with Gasteiger partial charge in [-0.25, -0.2) is 0 Å². The van der Waals surface area contributed by atoms with Crippen molar-refractivity contribution < 1.29 is 9.53 Å². The van der Waals surface area contributed by atoms with Gasteiger partial charge in [0.1, 0.15) is 16.9 Å². The molecule has 132 valence electrons.